The standard InChI is InChI=1S/C19H17Cl2FN2O/c20-17-6-3-13(7-18(17)21)19-11-23-8-15(19)16(19)9-24-25-10-12-1-4-14(22)5-2-12/h1-7,9,15-16,23H,8,10-11H2. The number of hydrogen-bond acceptors (Lipinski definition) is 3. The zero-order valence-corrected chi connectivity index (χ0v) is 14.9. The van der Waals surface area contributed by atoms with Gasteiger partial charge in [-0.2, -0.15) is 0 Å². The lowest BCUT2D eigenvalue weighted by molar-refractivity contribution is 0.131. The van der Waals surface area contributed by atoms with Crippen LogP contribution in [0.5, 0.6) is 0 Å². The highest BCUT2D eigenvalue weighted by Gasteiger charge is 2.67. The Kier molecular flexibility index (Phi) is 4.44. The first kappa shape index (κ1) is 16.8. The summed E-state index contributed by atoms with van der Waals surface area (Å²) in [6.07, 6.45) is 1.89. The summed E-state index contributed by atoms with van der Waals surface area (Å²) >= 11 is 12.2. The van der Waals surface area contributed by atoms with Crippen molar-refractivity contribution in [2.75, 3.05) is 13.1 Å². The third-order valence-corrected chi connectivity index (χ3v) is 6.00. The molecular weight excluding hydrogens is 362 g/mol. The lowest BCUT2D eigenvalue weighted by atomic mass is 9.93. The van der Waals surface area contributed by atoms with Gasteiger partial charge in [0, 0.05) is 24.1 Å². The molecule has 25 heavy (non-hydrogen) atoms. The van der Waals surface area contributed by atoms with Gasteiger partial charge in [-0.1, -0.05) is 46.6 Å². The van der Waals surface area contributed by atoms with Crippen LogP contribution in [0.15, 0.2) is 47.6 Å². The predicted octanol–water partition coefficient (Wildman–Crippen LogP) is 4.42. The van der Waals surface area contributed by atoms with E-state index in [2.05, 4.69) is 10.5 Å². The molecule has 2 aromatic carbocycles. The summed E-state index contributed by atoms with van der Waals surface area (Å²) in [5, 5.41) is 8.72. The number of oxime groups is 1. The van der Waals surface area contributed by atoms with Gasteiger partial charge in [0.1, 0.15) is 12.4 Å². The summed E-state index contributed by atoms with van der Waals surface area (Å²) in [4.78, 5) is 5.38. The molecule has 0 aromatic heterocycles. The monoisotopic (exact) mass is 378 g/mol. The Morgan fingerprint density at radius 3 is 2.76 bits per heavy atom. The molecule has 1 N–H and O–H groups in total. The number of halogens is 3. The highest BCUT2D eigenvalue weighted by molar-refractivity contribution is 6.42. The second-order valence-corrected chi connectivity index (χ2v) is 7.40. The average Bonchev–Trinajstić information content (AvgIpc) is 2.99. The fourth-order valence-electron chi connectivity index (χ4n) is 3.88. The summed E-state index contributed by atoms with van der Waals surface area (Å²) in [5.41, 5.74) is 2.10. The van der Waals surface area contributed by atoms with Gasteiger partial charge in [0.25, 0.3) is 0 Å². The Morgan fingerprint density at radius 2 is 2.00 bits per heavy atom. The minimum absolute atomic E-state index is 0.0248. The molecule has 3 nitrogen and oxygen atoms in total. The van der Waals surface area contributed by atoms with Crippen molar-refractivity contribution in [2.45, 2.75) is 12.0 Å². The average molecular weight is 379 g/mol. The number of rotatable bonds is 5. The zero-order chi connectivity index (χ0) is 17.4. The van der Waals surface area contributed by atoms with Gasteiger partial charge in [-0.3, -0.25) is 0 Å². The fourth-order valence-corrected chi connectivity index (χ4v) is 4.17. The minimum atomic E-state index is -0.255. The summed E-state index contributed by atoms with van der Waals surface area (Å²) in [7, 11) is 0. The van der Waals surface area contributed by atoms with Gasteiger partial charge in [0.05, 0.1) is 10.0 Å². The molecule has 2 fully saturated rings. The number of benzene rings is 2. The number of piperidine rings is 1. The van der Waals surface area contributed by atoms with E-state index in [-0.39, 0.29) is 11.2 Å². The minimum Gasteiger partial charge on any atom is -0.391 e. The van der Waals surface area contributed by atoms with E-state index in [1.807, 2.05) is 24.4 Å². The quantitative estimate of drug-likeness (QED) is 0.616. The molecule has 2 aliphatic rings. The highest BCUT2D eigenvalue weighted by atomic mass is 35.5. The SMILES string of the molecule is Fc1ccc(CON=CC2C3CNCC23c2ccc(Cl)c(Cl)c2)cc1. The van der Waals surface area contributed by atoms with Crippen LogP contribution in [0.3, 0.4) is 0 Å². The van der Waals surface area contributed by atoms with Crippen molar-refractivity contribution in [1.82, 2.24) is 5.32 Å². The molecule has 0 radical (unpaired) electrons. The summed E-state index contributed by atoms with van der Waals surface area (Å²) in [6, 6.07) is 12.1. The van der Waals surface area contributed by atoms with Crippen LogP contribution in [0.1, 0.15) is 11.1 Å². The van der Waals surface area contributed by atoms with Crippen molar-refractivity contribution < 1.29 is 9.23 Å². The highest BCUT2D eigenvalue weighted by Crippen LogP contribution is 2.61. The van der Waals surface area contributed by atoms with E-state index < -0.39 is 0 Å². The normalized spacial score (nSPS) is 27.5. The molecule has 3 unspecified atom stereocenters. The molecule has 3 atom stereocenters. The van der Waals surface area contributed by atoms with Gasteiger partial charge in [0.2, 0.25) is 0 Å². The lowest BCUT2D eigenvalue weighted by Crippen LogP contribution is -2.24. The Labute approximate surface area is 155 Å². The van der Waals surface area contributed by atoms with Crippen LogP contribution >= 0.6 is 23.2 Å². The molecule has 0 spiro atoms. The molecule has 0 amide bonds. The summed E-state index contributed by atoms with van der Waals surface area (Å²) in [5.74, 6) is 0.552. The third-order valence-electron chi connectivity index (χ3n) is 5.26. The van der Waals surface area contributed by atoms with Crippen molar-refractivity contribution in [2.24, 2.45) is 17.0 Å². The van der Waals surface area contributed by atoms with Crippen molar-refractivity contribution >= 4 is 29.4 Å². The molecule has 1 aliphatic heterocycles. The van der Waals surface area contributed by atoms with Gasteiger partial charge in [-0.05, 0) is 47.9 Å². The van der Waals surface area contributed by atoms with Crippen molar-refractivity contribution in [3.63, 3.8) is 0 Å². The molecule has 1 heterocycles. The number of fused-ring (bicyclic) bond motifs is 1. The van der Waals surface area contributed by atoms with Gasteiger partial charge in [-0.15, -0.1) is 0 Å². The molecule has 1 aliphatic carbocycles. The second kappa shape index (κ2) is 6.60. The van der Waals surface area contributed by atoms with Gasteiger partial charge < -0.3 is 10.2 Å². The Bertz CT molecular complexity index is 812. The van der Waals surface area contributed by atoms with Crippen LogP contribution in [0.4, 0.5) is 4.39 Å². The largest absolute Gasteiger partial charge is 0.391 e. The molecule has 4 rings (SSSR count). The molecule has 1 saturated heterocycles. The predicted molar refractivity (Wildman–Crippen MR) is 97.7 cm³/mol. The van der Waals surface area contributed by atoms with E-state index in [0.29, 0.717) is 28.5 Å². The van der Waals surface area contributed by atoms with E-state index in [9.17, 15) is 4.39 Å². The first-order valence-corrected chi connectivity index (χ1v) is 8.93. The molecule has 0 bridgehead atoms. The molecule has 130 valence electrons. The fraction of sp³-hybridized carbons (Fsp3) is 0.316. The van der Waals surface area contributed by atoms with Crippen LogP contribution in [0.25, 0.3) is 0 Å². The summed E-state index contributed by atoms with van der Waals surface area (Å²) < 4.78 is 12.9. The molecule has 2 aromatic rings. The zero-order valence-electron chi connectivity index (χ0n) is 13.4. The van der Waals surface area contributed by atoms with Crippen LogP contribution in [-0.4, -0.2) is 19.3 Å². The second-order valence-electron chi connectivity index (χ2n) is 6.59. The van der Waals surface area contributed by atoms with E-state index in [4.69, 9.17) is 28.0 Å². The van der Waals surface area contributed by atoms with Gasteiger partial charge in [-0.25, -0.2) is 4.39 Å². The maximum atomic E-state index is 12.9. The summed E-state index contributed by atoms with van der Waals surface area (Å²) in [6.45, 7) is 2.17. The van der Waals surface area contributed by atoms with E-state index in [1.165, 1.54) is 17.7 Å². The number of hydrogen-bond donors (Lipinski definition) is 1. The van der Waals surface area contributed by atoms with Gasteiger partial charge in [0.15, 0.2) is 0 Å². The first-order valence-electron chi connectivity index (χ1n) is 8.17. The van der Waals surface area contributed by atoms with Crippen LogP contribution in [-0.2, 0) is 16.9 Å². The van der Waals surface area contributed by atoms with Crippen LogP contribution in [0, 0.1) is 17.7 Å². The molecule has 1 saturated carbocycles. The van der Waals surface area contributed by atoms with Gasteiger partial charge >= 0.3 is 0 Å². The molecular formula is C19H17Cl2FN2O. The van der Waals surface area contributed by atoms with E-state index in [0.717, 1.165) is 18.7 Å². The van der Waals surface area contributed by atoms with Crippen molar-refractivity contribution in [3.8, 4) is 0 Å². The van der Waals surface area contributed by atoms with E-state index in [1.54, 1.807) is 12.1 Å². The number of nitrogens with zero attached hydrogens (tertiary/aromatic N) is 1. The Balaban J connectivity index is 1.42. The first-order chi connectivity index (χ1) is 12.1. The van der Waals surface area contributed by atoms with Crippen molar-refractivity contribution in [3.05, 3.63) is 69.5 Å². The Hall–Kier alpha value is -1.62. The smallest absolute Gasteiger partial charge is 0.142 e. The Morgan fingerprint density at radius 1 is 1.20 bits per heavy atom. The van der Waals surface area contributed by atoms with Crippen LogP contribution in [0.2, 0.25) is 10.0 Å². The lowest BCUT2D eigenvalue weighted by Gasteiger charge is -2.15. The third kappa shape index (κ3) is 3.03. The van der Waals surface area contributed by atoms with Crippen LogP contribution < -0.4 is 5.32 Å². The number of nitrogens with one attached hydrogen (secondary N) is 1. The van der Waals surface area contributed by atoms with Crippen molar-refractivity contribution in [1.29, 1.82) is 0 Å². The maximum Gasteiger partial charge on any atom is 0.142 e. The molecule has 6 heteroatoms. The topological polar surface area (TPSA) is 33.6 Å². The maximum absolute atomic E-state index is 12.9. The van der Waals surface area contributed by atoms with E-state index >= 15 is 0 Å².